The van der Waals surface area contributed by atoms with Crippen LogP contribution in [0.4, 0.5) is 0 Å². The second-order valence-corrected chi connectivity index (χ2v) is 5.94. The van der Waals surface area contributed by atoms with E-state index in [1.165, 1.54) is 63.4 Å². The van der Waals surface area contributed by atoms with Crippen LogP contribution in [-0.2, 0) is 0 Å². The number of nitrogens with zero attached hydrogens (tertiary/aromatic N) is 1. The van der Waals surface area contributed by atoms with E-state index in [2.05, 4.69) is 23.9 Å². The SMILES string of the molecule is C=C(C)/C=C\C(=C/CN=O)C1CCCCCCCCC1. The summed E-state index contributed by atoms with van der Waals surface area (Å²) in [4.78, 5) is 10.4. The smallest absolute Gasteiger partial charge is 0.0998 e. The molecule has 0 aromatic rings. The van der Waals surface area contributed by atoms with E-state index < -0.39 is 0 Å². The summed E-state index contributed by atoms with van der Waals surface area (Å²) >= 11 is 0. The molecule has 0 unspecified atom stereocenters. The lowest BCUT2D eigenvalue weighted by Crippen LogP contribution is -2.05. The molecule has 0 spiro atoms. The fraction of sp³-hybridized carbons (Fsp3) is 0.667. The zero-order valence-corrected chi connectivity index (χ0v) is 12.9. The molecule has 2 heteroatoms. The molecule has 1 rings (SSSR count). The van der Waals surface area contributed by atoms with Crippen molar-refractivity contribution in [3.05, 3.63) is 40.9 Å². The lowest BCUT2D eigenvalue weighted by atomic mass is 9.86. The van der Waals surface area contributed by atoms with Crippen molar-refractivity contribution >= 4 is 0 Å². The van der Waals surface area contributed by atoms with Crippen LogP contribution in [0.15, 0.2) is 41.1 Å². The van der Waals surface area contributed by atoms with Crippen LogP contribution in [0.3, 0.4) is 0 Å². The Morgan fingerprint density at radius 2 is 1.60 bits per heavy atom. The molecule has 2 nitrogen and oxygen atoms in total. The van der Waals surface area contributed by atoms with Crippen molar-refractivity contribution < 1.29 is 0 Å². The maximum Gasteiger partial charge on any atom is 0.0998 e. The maximum atomic E-state index is 10.4. The van der Waals surface area contributed by atoms with Gasteiger partial charge in [-0.3, -0.25) is 0 Å². The average molecular weight is 275 g/mol. The van der Waals surface area contributed by atoms with Gasteiger partial charge in [0, 0.05) is 0 Å². The predicted octanol–water partition coefficient (Wildman–Crippen LogP) is 5.95. The van der Waals surface area contributed by atoms with E-state index in [4.69, 9.17) is 0 Å². The zero-order chi connectivity index (χ0) is 14.6. The summed E-state index contributed by atoms with van der Waals surface area (Å²) in [5.41, 5.74) is 2.34. The number of allylic oxidation sites excluding steroid dienone is 4. The molecule has 0 atom stereocenters. The normalized spacial score (nSPS) is 19.9. The molecular formula is C18H29NO. The van der Waals surface area contributed by atoms with Crippen LogP contribution in [0.25, 0.3) is 0 Å². The largest absolute Gasteiger partial charge is 0.150 e. The summed E-state index contributed by atoms with van der Waals surface area (Å²) in [7, 11) is 0. The molecule has 0 aliphatic heterocycles. The quantitative estimate of drug-likeness (QED) is 0.450. The van der Waals surface area contributed by atoms with Gasteiger partial charge in [-0.2, -0.15) is 4.91 Å². The topological polar surface area (TPSA) is 29.4 Å². The highest BCUT2D eigenvalue weighted by Crippen LogP contribution is 2.28. The lowest BCUT2D eigenvalue weighted by molar-refractivity contribution is 0.434. The maximum absolute atomic E-state index is 10.4. The van der Waals surface area contributed by atoms with Gasteiger partial charge in [-0.1, -0.05) is 80.5 Å². The van der Waals surface area contributed by atoms with Gasteiger partial charge in [0.05, 0.1) is 6.54 Å². The number of hydrogen-bond acceptors (Lipinski definition) is 2. The first-order valence-corrected chi connectivity index (χ1v) is 8.07. The molecule has 0 aromatic heterocycles. The van der Waals surface area contributed by atoms with E-state index in [0.29, 0.717) is 5.92 Å². The van der Waals surface area contributed by atoms with Crippen LogP contribution >= 0.6 is 0 Å². The predicted molar refractivity (Wildman–Crippen MR) is 87.7 cm³/mol. The van der Waals surface area contributed by atoms with Gasteiger partial charge in [-0.05, 0) is 31.3 Å². The van der Waals surface area contributed by atoms with Gasteiger partial charge in [-0.25, -0.2) is 0 Å². The van der Waals surface area contributed by atoms with Crippen molar-refractivity contribution in [2.75, 3.05) is 6.54 Å². The minimum absolute atomic E-state index is 0.284. The summed E-state index contributed by atoms with van der Waals surface area (Å²) in [6.07, 6.45) is 18.1. The van der Waals surface area contributed by atoms with Crippen molar-refractivity contribution in [1.82, 2.24) is 0 Å². The van der Waals surface area contributed by atoms with Crippen LogP contribution in [-0.4, -0.2) is 6.54 Å². The van der Waals surface area contributed by atoms with Crippen LogP contribution in [0, 0.1) is 10.8 Å². The Bertz CT molecular complexity index is 344. The van der Waals surface area contributed by atoms with Gasteiger partial charge in [0.2, 0.25) is 0 Å². The first kappa shape index (κ1) is 16.9. The molecule has 0 bridgehead atoms. The summed E-state index contributed by atoms with van der Waals surface area (Å²) in [6, 6.07) is 0. The van der Waals surface area contributed by atoms with E-state index in [1.807, 2.05) is 13.0 Å². The second-order valence-electron chi connectivity index (χ2n) is 5.94. The molecule has 0 heterocycles. The van der Waals surface area contributed by atoms with Gasteiger partial charge in [-0.15, -0.1) is 0 Å². The van der Waals surface area contributed by atoms with Crippen molar-refractivity contribution in [2.45, 2.75) is 64.7 Å². The third-order valence-corrected chi connectivity index (χ3v) is 4.04. The molecular weight excluding hydrogens is 246 g/mol. The highest BCUT2D eigenvalue weighted by molar-refractivity contribution is 5.27. The van der Waals surface area contributed by atoms with Crippen LogP contribution in [0.1, 0.15) is 64.7 Å². The summed E-state index contributed by atoms with van der Waals surface area (Å²) in [5.74, 6) is 0.588. The van der Waals surface area contributed by atoms with Gasteiger partial charge < -0.3 is 0 Å². The molecule has 0 saturated heterocycles. The third-order valence-electron chi connectivity index (χ3n) is 4.04. The van der Waals surface area contributed by atoms with E-state index in [-0.39, 0.29) is 6.54 Å². The van der Waals surface area contributed by atoms with Gasteiger partial charge in [0.1, 0.15) is 0 Å². The van der Waals surface area contributed by atoms with Gasteiger partial charge in [0.15, 0.2) is 0 Å². The first-order chi connectivity index (χ1) is 9.74. The molecule has 112 valence electrons. The van der Waals surface area contributed by atoms with Crippen LogP contribution in [0.5, 0.6) is 0 Å². The molecule has 1 aliphatic carbocycles. The first-order valence-electron chi connectivity index (χ1n) is 8.07. The summed E-state index contributed by atoms with van der Waals surface area (Å²) < 4.78 is 0. The van der Waals surface area contributed by atoms with Crippen molar-refractivity contribution in [3.63, 3.8) is 0 Å². The molecule has 1 aliphatic rings. The molecule has 20 heavy (non-hydrogen) atoms. The zero-order valence-electron chi connectivity index (χ0n) is 12.9. The molecule has 0 amide bonds. The Labute approximate surface area is 124 Å². The fourth-order valence-electron chi connectivity index (χ4n) is 2.89. The fourth-order valence-corrected chi connectivity index (χ4v) is 2.89. The van der Waals surface area contributed by atoms with E-state index in [1.54, 1.807) is 0 Å². The highest BCUT2D eigenvalue weighted by atomic mass is 16.3. The lowest BCUT2D eigenvalue weighted by Gasteiger charge is -2.20. The van der Waals surface area contributed by atoms with Crippen molar-refractivity contribution in [1.29, 1.82) is 0 Å². The highest BCUT2D eigenvalue weighted by Gasteiger charge is 2.13. The van der Waals surface area contributed by atoms with Gasteiger partial charge in [0.25, 0.3) is 0 Å². The number of rotatable bonds is 5. The molecule has 1 saturated carbocycles. The average Bonchev–Trinajstić information content (AvgIpc) is 2.45. The minimum atomic E-state index is 0.284. The third kappa shape index (κ3) is 7.42. The molecule has 0 radical (unpaired) electrons. The van der Waals surface area contributed by atoms with Crippen LogP contribution < -0.4 is 0 Å². The Balaban J connectivity index is 2.72. The van der Waals surface area contributed by atoms with E-state index >= 15 is 0 Å². The molecule has 1 fully saturated rings. The molecule has 0 N–H and O–H groups in total. The standard InChI is InChI=1S/C18H29NO/c1-16(2)12-13-18(14-15-19-20)17-10-8-6-4-3-5-7-9-11-17/h12-14,17H,1,3-11,15H2,2H3/b13-12-,18-14+. The van der Waals surface area contributed by atoms with Gasteiger partial charge >= 0.3 is 0 Å². The Hall–Kier alpha value is -1.18. The Morgan fingerprint density at radius 3 is 2.10 bits per heavy atom. The summed E-state index contributed by atoms with van der Waals surface area (Å²) in [6.45, 7) is 6.20. The minimum Gasteiger partial charge on any atom is -0.150 e. The van der Waals surface area contributed by atoms with Crippen LogP contribution in [0.2, 0.25) is 0 Å². The van der Waals surface area contributed by atoms with Crippen molar-refractivity contribution in [3.8, 4) is 0 Å². The second kappa shape index (κ2) is 10.6. The van der Waals surface area contributed by atoms with E-state index in [9.17, 15) is 4.91 Å². The Morgan fingerprint density at radius 1 is 1.05 bits per heavy atom. The number of nitroso groups, excluding NO2 is 1. The number of hydrogen-bond donors (Lipinski definition) is 0. The monoisotopic (exact) mass is 275 g/mol. The van der Waals surface area contributed by atoms with Crippen molar-refractivity contribution in [2.24, 2.45) is 11.1 Å². The Kier molecular flexibility index (Phi) is 8.93. The molecule has 0 aromatic carbocycles. The van der Waals surface area contributed by atoms with E-state index in [0.717, 1.165) is 5.57 Å². The summed E-state index contributed by atoms with van der Waals surface area (Å²) in [5, 5.41) is 2.99.